The number of benzene rings is 1. The minimum atomic E-state index is 0.466. The summed E-state index contributed by atoms with van der Waals surface area (Å²) >= 11 is 8.50. The summed E-state index contributed by atoms with van der Waals surface area (Å²) in [5.41, 5.74) is 1.36. The first-order valence-corrected chi connectivity index (χ1v) is 7.30. The van der Waals surface area contributed by atoms with Crippen molar-refractivity contribution in [3.63, 3.8) is 0 Å². The topological polar surface area (TPSA) is 12.0 Å². The van der Waals surface area contributed by atoms with Crippen LogP contribution < -0.4 is 5.32 Å². The molecule has 1 unspecified atom stereocenters. The summed E-state index contributed by atoms with van der Waals surface area (Å²) in [6.45, 7) is 0. The highest BCUT2D eigenvalue weighted by atomic mass is 127. The smallest absolute Gasteiger partial charge is 0.0410 e. The van der Waals surface area contributed by atoms with Crippen LogP contribution in [0.25, 0.3) is 0 Å². The zero-order valence-corrected chi connectivity index (χ0v) is 12.4. The molecule has 1 aromatic rings. The fraction of sp³-hybridized carbons (Fsp3) is 0.538. The molecule has 0 spiro atoms. The summed E-state index contributed by atoms with van der Waals surface area (Å²) in [6.07, 6.45) is 5.43. The predicted octanol–water partition coefficient (Wildman–Crippen LogP) is 4.40. The molecule has 88 valence electrons. The summed E-state index contributed by atoms with van der Waals surface area (Å²) < 4.78 is 1.31. The molecule has 3 heteroatoms. The lowest BCUT2D eigenvalue weighted by Gasteiger charge is -2.24. The zero-order chi connectivity index (χ0) is 11.5. The molecule has 16 heavy (non-hydrogen) atoms. The molecule has 1 saturated carbocycles. The van der Waals surface area contributed by atoms with Gasteiger partial charge in [-0.3, -0.25) is 0 Å². The van der Waals surface area contributed by atoms with E-state index < -0.39 is 0 Å². The van der Waals surface area contributed by atoms with E-state index in [0.29, 0.717) is 6.04 Å². The molecule has 1 fully saturated rings. The highest BCUT2D eigenvalue weighted by Gasteiger charge is 2.26. The Kier molecular flexibility index (Phi) is 4.50. The van der Waals surface area contributed by atoms with Crippen LogP contribution in [0.4, 0.5) is 0 Å². The summed E-state index contributed by atoms with van der Waals surface area (Å²) in [6, 6.07) is 6.65. The Balaban J connectivity index is 2.28. The van der Waals surface area contributed by atoms with Gasteiger partial charge in [-0.05, 0) is 72.2 Å². The van der Waals surface area contributed by atoms with Crippen LogP contribution >= 0.6 is 34.2 Å². The summed E-state index contributed by atoms with van der Waals surface area (Å²) in [5, 5.41) is 4.31. The standard InChI is InChI=1S/C13H17ClIN/c1-16-13(9-4-2-3-5-9)11-8-10(14)6-7-12(11)15/h6-9,13,16H,2-5H2,1H3. The molecule has 0 aliphatic heterocycles. The van der Waals surface area contributed by atoms with Crippen LogP contribution in [0.2, 0.25) is 5.02 Å². The molecule has 0 amide bonds. The van der Waals surface area contributed by atoms with E-state index in [1.54, 1.807) is 0 Å². The van der Waals surface area contributed by atoms with E-state index in [4.69, 9.17) is 11.6 Å². The third kappa shape index (κ3) is 2.71. The van der Waals surface area contributed by atoms with Crippen LogP contribution in [0.15, 0.2) is 18.2 Å². The van der Waals surface area contributed by atoms with Crippen molar-refractivity contribution in [1.82, 2.24) is 5.32 Å². The first-order valence-electron chi connectivity index (χ1n) is 5.84. The average molecular weight is 350 g/mol. The van der Waals surface area contributed by atoms with Gasteiger partial charge >= 0.3 is 0 Å². The fourth-order valence-electron chi connectivity index (χ4n) is 2.69. The molecule has 0 saturated heterocycles. The van der Waals surface area contributed by atoms with E-state index in [-0.39, 0.29) is 0 Å². The monoisotopic (exact) mass is 349 g/mol. The predicted molar refractivity (Wildman–Crippen MR) is 77.9 cm³/mol. The molecule has 0 bridgehead atoms. The Morgan fingerprint density at radius 2 is 2.06 bits per heavy atom. The Morgan fingerprint density at radius 3 is 2.69 bits per heavy atom. The maximum atomic E-state index is 6.09. The van der Waals surface area contributed by atoms with Crippen LogP contribution in [0.3, 0.4) is 0 Å². The molecule has 0 radical (unpaired) electrons. The molecule has 0 heterocycles. The third-order valence-corrected chi connectivity index (χ3v) is 4.69. The van der Waals surface area contributed by atoms with E-state index in [9.17, 15) is 0 Å². The van der Waals surface area contributed by atoms with Crippen LogP contribution in [-0.4, -0.2) is 7.05 Å². The number of rotatable bonds is 3. The molecular weight excluding hydrogens is 333 g/mol. The van der Waals surface area contributed by atoms with Crippen LogP contribution in [-0.2, 0) is 0 Å². The van der Waals surface area contributed by atoms with Crippen LogP contribution in [0.5, 0.6) is 0 Å². The molecule has 1 aliphatic carbocycles. The zero-order valence-electron chi connectivity index (χ0n) is 9.47. The highest BCUT2D eigenvalue weighted by molar-refractivity contribution is 14.1. The quantitative estimate of drug-likeness (QED) is 0.798. The molecule has 0 aromatic heterocycles. The first kappa shape index (κ1) is 12.7. The van der Waals surface area contributed by atoms with Gasteiger partial charge in [0.25, 0.3) is 0 Å². The molecular formula is C13H17ClIN. The number of hydrogen-bond acceptors (Lipinski definition) is 1. The maximum Gasteiger partial charge on any atom is 0.0410 e. The molecule has 1 aliphatic rings. The lowest BCUT2D eigenvalue weighted by molar-refractivity contribution is 0.389. The van der Waals surface area contributed by atoms with Crippen molar-refractivity contribution in [3.8, 4) is 0 Å². The van der Waals surface area contributed by atoms with Gasteiger partial charge in [-0.1, -0.05) is 24.4 Å². The lowest BCUT2D eigenvalue weighted by Crippen LogP contribution is -2.24. The number of halogens is 2. The van der Waals surface area contributed by atoms with Gasteiger partial charge < -0.3 is 5.32 Å². The maximum absolute atomic E-state index is 6.09. The van der Waals surface area contributed by atoms with Crippen molar-refractivity contribution in [3.05, 3.63) is 32.4 Å². The second-order valence-corrected chi connectivity index (χ2v) is 6.08. The van der Waals surface area contributed by atoms with Crippen molar-refractivity contribution in [2.75, 3.05) is 7.05 Å². The van der Waals surface area contributed by atoms with Gasteiger partial charge in [0.05, 0.1) is 0 Å². The summed E-state index contributed by atoms with van der Waals surface area (Å²) in [5.74, 6) is 0.775. The second-order valence-electron chi connectivity index (χ2n) is 4.48. The van der Waals surface area contributed by atoms with Gasteiger partial charge in [0.15, 0.2) is 0 Å². The van der Waals surface area contributed by atoms with Crippen molar-refractivity contribution in [2.24, 2.45) is 5.92 Å². The second kappa shape index (κ2) is 5.69. The Bertz CT molecular complexity index is 361. The molecule has 1 N–H and O–H groups in total. The van der Waals surface area contributed by atoms with Crippen LogP contribution in [0, 0.1) is 9.49 Å². The van der Waals surface area contributed by atoms with Crippen molar-refractivity contribution in [2.45, 2.75) is 31.7 Å². The summed E-state index contributed by atoms with van der Waals surface area (Å²) in [7, 11) is 2.06. The lowest BCUT2D eigenvalue weighted by atomic mass is 9.92. The van der Waals surface area contributed by atoms with E-state index in [1.807, 2.05) is 6.07 Å². The van der Waals surface area contributed by atoms with E-state index in [1.165, 1.54) is 34.8 Å². The number of hydrogen-bond donors (Lipinski definition) is 1. The normalized spacial score (nSPS) is 18.9. The first-order chi connectivity index (χ1) is 7.72. The fourth-order valence-corrected chi connectivity index (χ4v) is 3.54. The molecule has 1 aromatic carbocycles. The minimum absolute atomic E-state index is 0.466. The summed E-state index contributed by atoms with van der Waals surface area (Å²) in [4.78, 5) is 0. The molecule has 1 nitrogen and oxygen atoms in total. The Labute approximate surface area is 116 Å². The third-order valence-electron chi connectivity index (χ3n) is 3.48. The Morgan fingerprint density at radius 1 is 1.38 bits per heavy atom. The highest BCUT2D eigenvalue weighted by Crippen LogP contribution is 2.37. The Hall–Kier alpha value is 0.200. The van der Waals surface area contributed by atoms with Gasteiger partial charge in [-0.25, -0.2) is 0 Å². The number of nitrogens with one attached hydrogen (secondary N) is 1. The van der Waals surface area contributed by atoms with Gasteiger partial charge in [0.2, 0.25) is 0 Å². The minimum Gasteiger partial charge on any atom is -0.313 e. The van der Waals surface area contributed by atoms with E-state index >= 15 is 0 Å². The van der Waals surface area contributed by atoms with Gasteiger partial charge in [0.1, 0.15) is 0 Å². The van der Waals surface area contributed by atoms with Gasteiger partial charge in [-0.15, -0.1) is 0 Å². The van der Waals surface area contributed by atoms with Gasteiger partial charge in [-0.2, -0.15) is 0 Å². The largest absolute Gasteiger partial charge is 0.313 e. The van der Waals surface area contributed by atoms with Crippen molar-refractivity contribution < 1.29 is 0 Å². The average Bonchev–Trinajstić information content (AvgIpc) is 2.78. The van der Waals surface area contributed by atoms with Crippen molar-refractivity contribution in [1.29, 1.82) is 0 Å². The van der Waals surface area contributed by atoms with E-state index in [2.05, 4.69) is 47.1 Å². The van der Waals surface area contributed by atoms with Gasteiger partial charge in [0, 0.05) is 14.6 Å². The molecule has 1 atom stereocenters. The SMILES string of the molecule is CNC(c1cc(Cl)ccc1I)C1CCCC1. The van der Waals surface area contributed by atoms with E-state index in [0.717, 1.165) is 10.9 Å². The van der Waals surface area contributed by atoms with Crippen LogP contribution in [0.1, 0.15) is 37.3 Å². The molecule has 2 rings (SSSR count). The van der Waals surface area contributed by atoms with Crippen molar-refractivity contribution >= 4 is 34.2 Å².